The molecule has 1 aromatic rings. The summed E-state index contributed by atoms with van der Waals surface area (Å²) in [6, 6.07) is 5.37. The van der Waals surface area contributed by atoms with E-state index in [0.717, 1.165) is 4.90 Å². The van der Waals surface area contributed by atoms with Crippen LogP contribution in [0.25, 0.3) is 0 Å². The van der Waals surface area contributed by atoms with Gasteiger partial charge in [-0.2, -0.15) is 4.36 Å². The van der Waals surface area contributed by atoms with Crippen LogP contribution in [0.2, 0.25) is 5.02 Å². The highest BCUT2D eigenvalue weighted by molar-refractivity contribution is 7.99. The van der Waals surface area contributed by atoms with Crippen molar-refractivity contribution in [2.24, 2.45) is 4.36 Å². The van der Waals surface area contributed by atoms with Gasteiger partial charge in [0.25, 0.3) is 0 Å². The third-order valence-electron chi connectivity index (χ3n) is 2.05. The summed E-state index contributed by atoms with van der Waals surface area (Å²) in [5.41, 5.74) is 0.514. The van der Waals surface area contributed by atoms with E-state index in [1.54, 1.807) is 24.6 Å². The first-order chi connectivity index (χ1) is 8.83. The summed E-state index contributed by atoms with van der Waals surface area (Å²) in [5, 5.41) is 0.466. The minimum absolute atomic E-state index is 0.255. The number of thioether (sulfide) groups is 1. The molecule has 19 heavy (non-hydrogen) atoms. The van der Waals surface area contributed by atoms with E-state index in [1.807, 2.05) is 6.07 Å². The predicted molar refractivity (Wildman–Crippen MR) is 80.9 cm³/mol. The molecule has 0 saturated heterocycles. The number of carbonyl (C=O) groups excluding carboxylic acids is 1. The Kier molecular flexibility index (Phi) is 6.16. The molecule has 0 radical (unpaired) electrons. The van der Waals surface area contributed by atoms with Crippen LogP contribution < -0.4 is 0 Å². The largest absolute Gasteiger partial charge is 0.469 e. The topological polar surface area (TPSA) is 55.7 Å². The second kappa shape index (κ2) is 7.17. The molecule has 0 aromatic heterocycles. The van der Waals surface area contributed by atoms with Crippen LogP contribution in [-0.2, 0) is 19.3 Å². The van der Waals surface area contributed by atoms with Crippen LogP contribution in [0.4, 0.5) is 5.69 Å². The number of ether oxygens (including phenoxy) is 1. The Morgan fingerprint density at radius 2 is 2.16 bits per heavy atom. The zero-order valence-electron chi connectivity index (χ0n) is 11.0. The van der Waals surface area contributed by atoms with Gasteiger partial charge in [0.1, 0.15) is 0 Å². The number of halogens is 1. The molecule has 0 amide bonds. The van der Waals surface area contributed by atoms with Crippen LogP contribution in [0.5, 0.6) is 0 Å². The fourth-order valence-electron chi connectivity index (χ4n) is 1.26. The van der Waals surface area contributed by atoms with Crippen molar-refractivity contribution in [1.29, 1.82) is 0 Å². The van der Waals surface area contributed by atoms with Crippen molar-refractivity contribution in [2.75, 3.05) is 25.4 Å². The van der Waals surface area contributed by atoms with Gasteiger partial charge < -0.3 is 4.74 Å². The lowest BCUT2D eigenvalue weighted by Gasteiger charge is -2.06. The van der Waals surface area contributed by atoms with Crippen LogP contribution >= 0.6 is 23.4 Å². The minimum atomic E-state index is -2.25. The fraction of sp³-hybridized carbons (Fsp3) is 0.417. The van der Waals surface area contributed by atoms with Crippen molar-refractivity contribution in [3.05, 3.63) is 23.2 Å². The van der Waals surface area contributed by atoms with E-state index >= 15 is 0 Å². The lowest BCUT2D eigenvalue weighted by Crippen LogP contribution is -2.00. The van der Waals surface area contributed by atoms with Crippen molar-refractivity contribution < 1.29 is 13.7 Å². The molecule has 1 rings (SSSR count). The number of hydrogen-bond acceptors (Lipinski definition) is 5. The fourth-order valence-corrected chi connectivity index (χ4v) is 3.17. The van der Waals surface area contributed by atoms with E-state index in [4.69, 9.17) is 11.6 Å². The molecule has 0 spiro atoms. The van der Waals surface area contributed by atoms with E-state index in [-0.39, 0.29) is 5.97 Å². The molecule has 0 atom stereocenters. The first-order valence-corrected chi connectivity index (χ1v) is 9.18. The Morgan fingerprint density at radius 3 is 2.74 bits per heavy atom. The van der Waals surface area contributed by atoms with Gasteiger partial charge in [-0.1, -0.05) is 17.7 Å². The van der Waals surface area contributed by atoms with Crippen LogP contribution in [0.3, 0.4) is 0 Å². The van der Waals surface area contributed by atoms with E-state index in [2.05, 4.69) is 9.10 Å². The Labute approximate surface area is 123 Å². The highest BCUT2D eigenvalue weighted by Crippen LogP contribution is 2.35. The SMILES string of the molecule is COC(=O)CCSc1cccc(N=S(C)(C)=O)c1Cl. The van der Waals surface area contributed by atoms with Gasteiger partial charge in [0, 0.05) is 32.9 Å². The molecule has 0 unspecified atom stereocenters. The quantitative estimate of drug-likeness (QED) is 0.616. The van der Waals surface area contributed by atoms with Gasteiger partial charge in [0.05, 0.1) is 24.2 Å². The normalized spacial score (nSPS) is 11.2. The van der Waals surface area contributed by atoms with Gasteiger partial charge >= 0.3 is 5.97 Å². The molecule has 0 aliphatic rings. The van der Waals surface area contributed by atoms with Crippen LogP contribution in [0.15, 0.2) is 27.5 Å². The molecule has 0 saturated carbocycles. The second-order valence-electron chi connectivity index (χ2n) is 4.04. The maximum Gasteiger partial charge on any atom is 0.306 e. The van der Waals surface area contributed by atoms with E-state index in [9.17, 15) is 9.00 Å². The zero-order chi connectivity index (χ0) is 14.5. The summed E-state index contributed by atoms with van der Waals surface area (Å²) in [6.45, 7) is 0. The number of esters is 1. The van der Waals surface area contributed by atoms with Gasteiger partial charge in [-0.3, -0.25) is 4.79 Å². The highest BCUT2D eigenvalue weighted by atomic mass is 35.5. The number of carbonyl (C=O) groups is 1. The van der Waals surface area contributed by atoms with Gasteiger partial charge in [-0.05, 0) is 12.1 Å². The Balaban J connectivity index is 2.84. The summed E-state index contributed by atoms with van der Waals surface area (Å²) in [7, 11) is -0.887. The number of nitrogens with zero attached hydrogens (tertiary/aromatic N) is 1. The minimum Gasteiger partial charge on any atom is -0.469 e. The first-order valence-electron chi connectivity index (χ1n) is 5.49. The van der Waals surface area contributed by atoms with Crippen molar-refractivity contribution in [3.63, 3.8) is 0 Å². The standard InChI is InChI=1S/C12H16ClNO3S2/c1-17-11(15)7-8-18-10-6-4-5-9(12(10)13)14-19(2,3)16/h4-6H,7-8H2,1-3H3. The van der Waals surface area contributed by atoms with Crippen molar-refractivity contribution in [1.82, 2.24) is 0 Å². The first kappa shape index (κ1) is 16.3. The lowest BCUT2D eigenvalue weighted by atomic mass is 10.3. The molecule has 0 aliphatic carbocycles. The molecule has 0 fully saturated rings. The number of benzene rings is 1. The molecular weight excluding hydrogens is 306 g/mol. The number of hydrogen-bond donors (Lipinski definition) is 0. The van der Waals surface area contributed by atoms with E-state index in [1.165, 1.54) is 18.9 Å². The number of rotatable bonds is 5. The smallest absolute Gasteiger partial charge is 0.306 e. The van der Waals surface area contributed by atoms with E-state index < -0.39 is 9.73 Å². The number of methoxy groups -OCH3 is 1. The molecule has 1 aromatic carbocycles. The Bertz CT molecular complexity index is 572. The maximum absolute atomic E-state index is 11.7. The third-order valence-corrected chi connectivity index (χ3v) is 4.26. The van der Waals surface area contributed by atoms with Crippen LogP contribution in [0, 0.1) is 0 Å². The van der Waals surface area contributed by atoms with Gasteiger partial charge in [-0.25, -0.2) is 4.21 Å². The second-order valence-corrected chi connectivity index (χ2v) is 8.10. The van der Waals surface area contributed by atoms with Crippen molar-refractivity contribution in [2.45, 2.75) is 11.3 Å². The van der Waals surface area contributed by atoms with Crippen molar-refractivity contribution >= 4 is 44.7 Å². The molecule has 0 heterocycles. The van der Waals surface area contributed by atoms with Gasteiger partial charge in [-0.15, -0.1) is 11.8 Å². The average molecular weight is 322 g/mol. The Hall–Kier alpha value is -0.720. The summed E-state index contributed by atoms with van der Waals surface area (Å²) in [5.74, 6) is 0.318. The van der Waals surface area contributed by atoms with Gasteiger partial charge in [0.2, 0.25) is 0 Å². The molecule has 106 valence electrons. The monoisotopic (exact) mass is 321 g/mol. The molecule has 0 bridgehead atoms. The van der Waals surface area contributed by atoms with E-state index in [0.29, 0.717) is 22.9 Å². The highest BCUT2D eigenvalue weighted by Gasteiger charge is 2.08. The zero-order valence-corrected chi connectivity index (χ0v) is 13.4. The molecule has 4 nitrogen and oxygen atoms in total. The molecule has 7 heteroatoms. The van der Waals surface area contributed by atoms with Crippen molar-refractivity contribution in [3.8, 4) is 0 Å². The summed E-state index contributed by atoms with van der Waals surface area (Å²) < 4.78 is 20.3. The maximum atomic E-state index is 11.7. The molecular formula is C12H16ClNO3S2. The summed E-state index contributed by atoms with van der Waals surface area (Å²) >= 11 is 7.65. The summed E-state index contributed by atoms with van der Waals surface area (Å²) in [6.07, 6.45) is 3.43. The molecule has 0 aliphatic heterocycles. The average Bonchev–Trinajstić information content (AvgIpc) is 2.32. The predicted octanol–water partition coefficient (Wildman–Crippen LogP) is 3.35. The lowest BCUT2D eigenvalue weighted by molar-refractivity contribution is -0.140. The Morgan fingerprint density at radius 1 is 1.47 bits per heavy atom. The van der Waals surface area contributed by atoms with Crippen LogP contribution in [0.1, 0.15) is 6.42 Å². The molecule has 0 N–H and O–H groups in total. The summed E-state index contributed by atoms with van der Waals surface area (Å²) in [4.78, 5) is 11.8. The van der Waals surface area contributed by atoms with Gasteiger partial charge in [0.15, 0.2) is 0 Å². The third kappa shape index (κ3) is 5.84. The van der Waals surface area contributed by atoms with Crippen LogP contribution in [-0.4, -0.2) is 35.6 Å².